The molecular weight excluding hydrogens is 342 g/mol. The van der Waals surface area contributed by atoms with Crippen LogP contribution in [0.1, 0.15) is 19.4 Å². The van der Waals surface area contributed by atoms with E-state index in [-0.39, 0.29) is 18.4 Å². The van der Waals surface area contributed by atoms with Crippen LogP contribution in [0.25, 0.3) is 11.1 Å². The number of morpholine rings is 1. The van der Waals surface area contributed by atoms with Crippen molar-refractivity contribution in [3.05, 3.63) is 54.4 Å². The molecule has 6 nitrogen and oxygen atoms in total. The zero-order chi connectivity index (χ0) is 19.4. The highest BCUT2D eigenvalue weighted by atomic mass is 16.5. The summed E-state index contributed by atoms with van der Waals surface area (Å²) in [5.41, 5.74) is 7.44. The first-order chi connectivity index (χ1) is 12.9. The number of amides is 2. The first-order valence-electron chi connectivity index (χ1n) is 9.13. The van der Waals surface area contributed by atoms with Crippen molar-refractivity contribution in [1.82, 2.24) is 9.88 Å². The van der Waals surface area contributed by atoms with E-state index >= 15 is 0 Å². The lowest BCUT2D eigenvalue weighted by molar-refractivity contribution is -0.165. The summed E-state index contributed by atoms with van der Waals surface area (Å²) in [5, 5.41) is 0. The highest BCUT2D eigenvalue weighted by Crippen LogP contribution is 2.27. The van der Waals surface area contributed by atoms with Gasteiger partial charge in [-0.25, -0.2) is 0 Å². The third-order valence-electron chi connectivity index (χ3n) is 4.85. The van der Waals surface area contributed by atoms with E-state index in [1.807, 2.05) is 50.2 Å². The van der Waals surface area contributed by atoms with Crippen LogP contribution in [0.3, 0.4) is 0 Å². The molecule has 1 unspecified atom stereocenters. The molecule has 1 aliphatic rings. The van der Waals surface area contributed by atoms with Crippen LogP contribution in [-0.4, -0.2) is 47.0 Å². The summed E-state index contributed by atoms with van der Waals surface area (Å²) in [6.07, 6.45) is 3.84. The second kappa shape index (κ2) is 7.88. The normalized spacial score (nSPS) is 19.9. The van der Waals surface area contributed by atoms with Gasteiger partial charge in [0.1, 0.15) is 0 Å². The summed E-state index contributed by atoms with van der Waals surface area (Å²) in [4.78, 5) is 30.6. The molecule has 142 valence electrons. The van der Waals surface area contributed by atoms with Gasteiger partial charge in [-0.2, -0.15) is 0 Å². The van der Waals surface area contributed by atoms with E-state index in [0.29, 0.717) is 19.6 Å². The fraction of sp³-hybridized carbons (Fsp3) is 0.381. The number of hydrogen-bond donors (Lipinski definition) is 1. The van der Waals surface area contributed by atoms with E-state index in [0.717, 1.165) is 16.7 Å². The Kier molecular flexibility index (Phi) is 5.56. The quantitative estimate of drug-likeness (QED) is 0.876. The minimum Gasteiger partial charge on any atom is -0.367 e. The van der Waals surface area contributed by atoms with Gasteiger partial charge in [-0.15, -0.1) is 0 Å². The molecule has 1 aromatic heterocycles. The Bertz CT molecular complexity index is 822. The van der Waals surface area contributed by atoms with Crippen LogP contribution in [-0.2, 0) is 20.7 Å². The minimum atomic E-state index is -1.21. The van der Waals surface area contributed by atoms with Crippen LogP contribution in [0, 0.1) is 5.92 Å². The van der Waals surface area contributed by atoms with Gasteiger partial charge in [0.25, 0.3) is 5.91 Å². The Labute approximate surface area is 159 Å². The molecule has 0 bridgehead atoms. The molecule has 6 heteroatoms. The Hall–Kier alpha value is -2.73. The molecule has 1 atom stereocenters. The predicted molar refractivity (Wildman–Crippen MR) is 103 cm³/mol. The van der Waals surface area contributed by atoms with Crippen molar-refractivity contribution in [1.29, 1.82) is 0 Å². The molecule has 1 aliphatic heterocycles. The van der Waals surface area contributed by atoms with Gasteiger partial charge in [-0.05, 0) is 22.8 Å². The maximum atomic E-state index is 12.4. The summed E-state index contributed by atoms with van der Waals surface area (Å²) >= 11 is 0. The first kappa shape index (κ1) is 19.0. The number of benzene rings is 1. The van der Waals surface area contributed by atoms with Crippen LogP contribution in [0.15, 0.2) is 48.8 Å². The zero-order valence-corrected chi connectivity index (χ0v) is 15.7. The number of nitrogens with zero attached hydrogens (tertiary/aromatic N) is 2. The number of aromatic nitrogens is 1. The lowest BCUT2D eigenvalue weighted by atomic mass is 9.90. The first-order valence-corrected chi connectivity index (χ1v) is 9.13. The van der Waals surface area contributed by atoms with Crippen molar-refractivity contribution in [3.8, 4) is 11.1 Å². The van der Waals surface area contributed by atoms with E-state index in [9.17, 15) is 9.59 Å². The molecule has 2 heterocycles. The number of pyridine rings is 1. The second-order valence-electron chi connectivity index (χ2n) is 7.24. The molecule has 1 fully saturated rings. The fourth-order valence-corrected chi connectivity index (χ4v) is 3.40. The van der Waals surface area contributed by atoms with Crippen molar-refractivity contribution in [2.75, 3.05) is 19.7 Å². The number of rotatable bonds is 5. The van der Waals surface area contributed by atoms with Gasteiger partial charge in [0.15, 0.2) is 5.60 Å². The van der Waals surface area contributed by atoms with Crippen LogP contribution in [0.5, 0.6) is 0 Å². The molecular formula is C21H25N3O3. The highest BCUT2D eigenvalue weighted by Gasteiger charge is 2.44. The zero-order valence-electron chi connectivity index (χ0n) is 15.7. The number of carbonyl (C=O) groups is 2. The van der Waals surface area contributed by atoms with Crippen LogP contribution >= 0.6 is 0 Å². The summed E-state index contributed by atoms with van der Waals surface area (Å²) in [5.74, 6) is -0.675. The van der Waals surface area contributed by atoms with Gasteiger partial charge in [0, 0.05) is 31.3 Å². The van der Waals surface area contributed by atoms with Crippen LogP contribution < -0.4 is 5.73 Å². The van der Waals surface area contributed by atoms with Gasteiger partial charge in [0.05, 0.1) is 13.2 Å². The maximum Gasteiger partial charge on any atom is 0.251 e. The van der Waals surface area contributed by atoms with Crippen molar-refractivity contribution >= 4 is 11.8 Å². The van der Waals surface area contributed by atoms with Gasteiger partial charge >= 0.3 is 0 Å². The Balaban J connectivity index is 1.87. The molecule has 0 saturated carbocycles. The molecule has 0 spiro atoms. The number of primary amides is 1. The topological polar surface area (TPSA) is 85.5 Å². The van der Waals surface area contributed by atoms with Crippen LogP contribution in [0.4, 0.5) is 0 Å². The van der Waals surface area contributed by atoms with E-state index in [1.165, 1.54) is 0 Å². The molecule has 3 rings (SSSR count). The second-order valence-corrected chi connectivity index (χ2v) is 7.24. The largest absolute Gasteiger partial charge is 0.367 e. The van der Waals surface area contributed by atoms with E-state index in [2.05, 4.69) is 4.98 Å². The molecule has 2 aromatic rings. The van der Waals surface area contributed by atoms with Crippen molar-refractivity contribution in [2.24, 2.45) is 11.7 Å². The van der Waals surface area contributed by atoms with Gasteiger partial charge in [-0.3, -0.25) is 14.6 Å². The number of carbonyl (C=O) groups excluding carboxylic acids is 2. The monoisotopic (exact) mass is 367 g/mol. The van der Waals surface area contributed by atoms with Gasteiger partial charge in [-0.1, -0.05) is 44.2 Å². The maximum absolute atomic E-state index is 12.4. The Morgan fingerprint density at radius 3 is 2.70 bits per heavy atom. The van der Waals surface area contributed by atoms with Gasteiger partial charge in [0.2, 0.25) is 5.91 Å². The Morgan fingerprint density at radius 1 is 1.26 bits per heavy atom. The summed E-state index contributed by atoms with van der Waals surface area (Å²) in [6, 6.07) is 11.7. The summed E-state index contributed by atoms with van der Waals surface area (Å²) in [7, 11) is 0. The average Bonchev–Trinajstić information content (AvgIpc) is 2.68. The molecule has 0 radical (unpaired) electrons. The predicted octanol–water partition coefficient (Wildman–Crippen LogP) is 2.03. The smallest absolute Gasteiger partial charge is 0.251 e. The lowest BCUT2D eigenvalue weighted by Gasteiger charge is -2.41. The van der Waals surface area contributed by atoms with Gasteiger partial charge < -0.3 is 15.4 Å². The summed E-state index contributed by atoms with van der Waals surface area (Å²) in [6.45, 7) is 4.64. The fourth-order valence-electron chi connectivity index (χ4n) is 3.40. The van der Waals surface area contributed by atoms with Crippen molar-refractivity contribution in [2.45, 2.75) is 25.9 Å². The number of ether oxygens (including phenoxy) is 1. The molecule has 1 saturated heterocycles. The molecule has 27 heavy (non-hydrogen) atoms. The number of hydrogen-bond acceptors (Lipinski definition) is 4. The average molecular weight is 367 g/mol. The van der Waals surface area contributed by atoms with Crippen molar-refractivity contribution < 1.29 is 14.3 Å². The molecule has 2 N–H and O–H groups in total. The Morgan fingerprint density at radius 2 is 2.04 bits per heavy atom. The molecule has 2 amide bonds. The van der Waals surface area contributed by atoms with E-state index in [1.54, 1.807) is 17.3 Å². The number of nitrogens with two attached hydrogens (primary N) is 1. The molecule has 0 aliphatic carbocycles. The molecule has 1 aromatic carbocycles. The lowest BCUT2D eigenvalue weighted by Crippen LogP contribution is -2.61. The van der Waals surface area contributed by atoms with E-state index in [4.69, 9.17) is 10.5 Å². The SMILES string of the molecule is CC(C)C(=O)N1CCOC(Cc2cccc(-c3cccnc3)c2)(C(N)=O)C1. The van der Waals surface area contributed by atoms with E-state index < -0.39 is 11.5 Å². The third-order valence-corrected chi connectivity index (χ3v) is 4.85. The standard InChI is InChI=1S/C21H25N3O3/c1-15(2)19(25)24-9-10-27-21(14-24,20(22)26)12-16-5-3-6-17(11-16)18-7-4-8-23-13-18/h3-8,11,13,15H,9-10,12,14H2,1-2H3,(H2,22,26). The van der Waals surface area contributed by atoms with Crippen LogP contribution in [0.2, 0.25) is 0 Å². The highest BCUT2D eigenvalue weighted by molar-refractivity contribution is 5.86. The van der Waals surface area contributed by atoms with Crippen molar-refractivity contribution in [3.63, 3.8) is 0 Å². The summed E-state index contributed by atoms with van der Waals surface area (Å²) < 4.78 is 5.86. The third kappa shape index (κ3) is 4.17. The minimum absolute atomic E-state index is 0.00744.